The van der Waals surface area contributed by atoms with E-state index in [2.05, 4.69) is 9.97 Å². The molecule has 1 aromatic heterocycles. The second-order valence-electron chi connectivity index (χ2n) is 1.23. The van der Waals surface area contributed by atoms with Gasteiger partial charge in [0.05, 0.1) is 6.20 Å². The Bertz CT molecular complexity index is 216. The molecule has 1 radical (unpaired) electrons. The SMILES string of the molecule is S=c1cnc(Cl)c[nH]1.[K]. The molecule has 1 aromatic rings. The van der Waals surface area contributed by atoms with Crippen molar-refractivity contribution < 1.29 is 0 Å². The van der Waals surface area contributed by atoms with Crippen molar-refractivity contribution in [2.45, 2.75) is 0 Å². The van der Waals surface area contributed by atoms with E-state index in [1.807, 2.05) is 0 Å². The molecule has 0 bridgehead atoms. The monoisotopic (exact) mass is 185 g/mol. The van der Waals surface area contributed by atoms with E-state index in [1.165, 1.54) is 6.20 Å². The summed E-state index contributed by atoms with van der Waals surface area (Å²) in [5.41, 5.74) is 0. The fourth-order valence-corrected chi connectivity index (χ4v) is 0.540. The van der Waals surface area contributed by atoms with Crippen molar-refractivity contribution in [1.82, 2.24) is 9.97 Å². The van der Waals surface area contributed by atoms with Crippen molar-refractivity contribution in [3.63, 3.8) is 0 Å². The second-order valence-corrected chi connectivity index (χ2v) is 2.06. The zero-order valence-corrected chi connectivity index (χ0v) is 9.58. The Hall–Kier alpha value is 1.23. The zero-order valence-electron chi connectivity index (χ0n) is 4.89. The fraction of sp³-hybridized carbons (Fsp3) is 0. The van der Waals surface area contributed by atoms with Gasteiger partial charge in [-0.05, 0) is 0 Å². The average Bonchev–Trinajstić information content (AvgIpc) is 1.77. The van der Waals surface area contributed by atoms with Gasteiger partial charge in [0.15, 0.2) is 0 Å². The Morgan fingerprint density at radius 1 is 1.67 bits per heavy atom. The molecule has 0 fully saturated rings. The van der Waals surface area contributed by atoms with Crippen LogP contribution in [0.3, 0.4) is 0 Å². The first-order valence-electron chi connectivity index (χ1n) is 1.99. The Balaban J connectivity index is 0.000000640. The molecule has 0 aliphatic heterocycles. The zero-order chi connectivity index (χ0) is 5.98. The third kappa shape index (κ3) is 3.82. The van der Waals surface area contributed by atoms with Crippen molar-refractivity contribution >= 4 is 75.2 Å². The fourth-order valence-electron chi connectivity index (χ4n) is 0.326. The van der Waals surface area contributed by atoms with Crippen LogP contribution >= 0.6 is 23.8 Å². The van der Waals surface area contributed by atoms with Crippen LogP contribution in [-0.4, -0.2) is 61.4 Å². The van der Waals surface area contributed by atoms with E-state index in [-0.39, 0.29) is 51.4 Å². The van der Waals surface area contributed by atoms with Crippen LogP contribution in [0.2, 0.25) is 5.15 Å². The first kappa shape index (κ1) is 10.2. The molecule has 1 heterocycles. The Kier molecular flexibility index (Phi) is 5.63. The minimum Gasteiger partial charge on any atom is -0.349 e. The molecular formula is C4H3ClKN2S. The van der Waals surface area contributed by atoms with Crippen LogP contribution in [0.1, 0.15) is 0 Å². The summed E-state index contributed by atoms with van der Waals surface area (Å²) < 4.78 is 0.592. The Labute approximate surface area is 105 Å². The van der Waals surface area contributed by atoms with Crippen molar-refractivity contribution in [2.75, 3.05) is 0 Å². The number of H-pyrrole nitrogens is 1. The topological polar surface area (TPSA) is 28.7 Å². The molecule has 0 spiro atoms. The van der Waals surface area contributed by atoms with E-state index >= 15 is 0 Å². The smallest absolute Gasteiger partial charge is 0.145 e. The summed E-state index contributed by atoms with van der Waals surface area (Å²) >= 11 is 10.1. The van der Waals surface area contributed by atoms with Crippen molar-refractivity contribution in [2.24, 2.45) is 0 Å². The van der Waals surface area contributed by atoms with E-state index in [0.717, 1.165) is 0 Å². The van der Waals surface area contributed by atoms with Gasteiger partial charge >= 0.3 is 0 Å². The van der Waals surface area contributed by atoms with Crippen molar-refractivity contribution in [1.29, 1.82) is 0 Å². The van der Waals surface area contributed by atoms with Gasteiger partial charge < -0.3 is 4.98 Å². The predicted octanol–water partition coefficient (Wildman–Crippen LogP) is 1.41. The molecule has 9 heavy (non-hydrogen) atoms. The molecule has 0 saturated heterocycles. The van der Waals surface area contributed by atoms with Gasteiger partial charge in [-0.15, -0.1) is 0 Å². The molecule has 0 aromatic carbocycles. The number of hydrogen-bond donors (Lipinski definition) is 1. The number of nitrogens with one attached hydrogen (secondary N) is 1. The van der Waals surface area contributed by atoms with Crippen LogP contribution in [0.5, 0.6) is 0 Å². The number of rotatable bonds is 0. The van der Waals surface area contributed by atoms with Crippen LogP contribution in [0.25, 0.3) is 0 Å². The van der Waals surface area contributed by atoms with Crippen LogP contribution in [0, 0.1) is 4.64 Å². The minimum atomic E-state index is 0. The molecule has 1 rings (SSSR count). The number of hydrogen-bond acceptors (Lipinski definition) is 2. The largest absolute Gasteiger partial charge is 0.349 e. The molecule has 2 nitrogen and oxygen atoms in total. The van der Waals surface area contributed by atoms with Gasteiger partial charge in [-0.3, -0.25) is 0 Å². The number of aromatic amines is 1. The third-order valence-corrected chi connectivity index (χ3v) is 1.07. The van der Waals surface area contributed by atoms with Gasteiger partial charge in [-0.2, -0.15) is 0 Å². The average molecular weight is 186 g/mol. The van der Waals surface area contributed by atoms with Crippen molar-refractivity contribution in [3.05, 3.63) is 22.2 Å². The maximum atomic E-state index is 5.42. The first-order valence-corrected chi connectivity index (χ1v) is 2.78. The van der Waals surface area contributed by atoms with E-state index in [0.29, 0.717) is 9.79 Å². The maximum Gasteiger partial charge on any atom is 0.145 e. The molecule has 1 N–H and O–H groups in total. The predicted molar refractivity (Wildman–Crippen MR) is 40.2 cm³/mol. The van der Waals surface area contributed by atoms with Gasteiger partial charge in [0, 0.05) is 57.6 Å². The minimum absolute atomic E-state index is 0. The molecule has 5 heteroatoms. The summed E-state index contributed by atoms with van der Waals surface area (Å²) in [6.07, 6.45) is 3.04. The summed E-state index contributed by atoms with van der Waals surface area (Å²) in [6, 6.07) is 0. The standard InChI is InChI=1S/C4H3ClN2S.K/c5-3-1-7-4(8)2-6-3;/h1-2H,(H,7,8);. The number of halogens is 1. The van der Waals surface area contributed by atoms with Crippen molar-refractivity contribution in [3.8, 4) is 0 Å². The Morgan fingerprint density at radius 2 is 2.33 bits per heavy atom. The number of aromatic nitrogens is 2. The quantitative estimate of drug-likeness (QED) is 0.489. The van der Waals surface area contributed by atoms with Gasteiger partial charge in [0.2, 0.25) is 0 Å². The summed E-state index contributed by atoms with van der Waals surface area (Å²) in [5.74, 6) is 0. The second kappa shape index (κ2) is 4.95. The molecule has 0 aliphatic rings. The number of nitrogens with zero attached hydrogens (tertiary/aromatic N) is 1. The van der Waals surface area contributed by atoms with Crippen LogP contribution in [0.4, 0.5) is 0 Å². The molecule has 0 unspecified atom stereocenters. The summed E-state index contributed by atoms with van der Waals surface area (Å²) in [5, 5.41) is 0.429. The molecule has 43 valence electrons. The van der Waals surface area contributed by atoms with E-state index in [9.17, 15) is 0 Å². The molecule has 0 amide bonds. The molecule has 0 aliphatic carbocycles. The van der Waals surface area contributed by atoms with E-state index < -0.39 is 0 Å². The van der Waals surface area contributed by atoms with Crippen LogP contribution in [0.15, 0.2) is 12.4 Å². The van der Waals surface area contributed by atoms with Gasteiger partial charge in [0.1, 0.15) is 9.79 Å². The van der Waals surface area contributed by atoms with Crippen LogP contribution < -0.4 is 0 Å². The third-order valence-electron chi connectivity index (χ3n) is 0.639. The van der Waals surface area contributed by atoms with Crippen LogP contribution in [-0.2, 0) is 0 Å². The molecule has 0 saturated carbocycles. The normalized spacial score (nSPS) is 8.11. The van der Waals surface area contributed by atoms with Gasteiger partial charge in [0.25, 0.3) is 0 Å². The molecular weight excluding hydrogens is 183 g/mol. The van der Waals surface area contributed by atoms with E-state index in [1.54, 1.807) is 6.20 Å². The maximum absolute atomic E-state index is 5.42. The molecule has 0 atom stereocenters. The summed E-state index contributed by atoms with van der Waals surface area (Å²) in [7, 11) is 0. The first-order chi connectivity index (χ1) is 3.79. The summed E-state index contributed by atoms with van der Waals surface area (Å²) in [6.45, 7) is 0. The Morgan fingerprint density at radius 3 is 2.67 bits per heavy atom. The van der Waals surface area contributed by atoms with E-state index in [4.69, 9.17) is 23.8 Å². The van der Waals surface area contributed by atoms with Gasteiger partial charge in [-0.25, -0.2) is 4.98 Å². The van der Waals surface area contributed by atoms with Gasteiger partial charge in [-0.1, -0.05) is 23.8 Å². The summed E-state index contributed by atoms with van der Waals surface area (Å²) in [4.78, 5) is 6.43.